The molecular formula is C12H17N3O3. The Balaban J connectivity index is 2.71. The van der Waals surface area contributed by atoms with Gasteiger partial charge in [0.2, 0.25) is 5.91 Å². The van der Waals surface area contributed by atoms with Crippen molar-refractivity contribution in [2.75, 3.05) is 7.05 Å². The van der Waals surface area contributed by atoms with Crippen LogP contribution in [0.25, 0.3) is 0 Å². The molecule has 0 bridgehead atoms. The van der Waals surface area contributed by atoms with E-state index in [2.05, 4.69) is 5.16 Å². The van der Waals surface area contributed by atoms with Gasteiger partial charge in [-0.15, -0.1) is 0 Å². The average molecular weight is 251 g/mol. The molecule has 0 aliphatic carbocycles. The highest BCUT2D eigenvalue weighted by molar-refractivity contribution is 5.90. The molecule has 6 heteroatoms. The minimum absolute atomic E-state index is 0.0261. The SMILES string of the molecule is CC(C(N)=NO)N(C)C(=O)Cc1cccc(O)c1. The second-order valence-electron chi connectivity index (χ2n) is 4.05. The molecule has 0 aliphatic heterocycles. The maximum Gasteiger partial charge on any atom is 0.227 e. The molecule has 0 spiro atoms. The number of carbonyl (C=O) groups is 1. The number of nitrogens with zero attached hydrogens (tertiary/aromatic N) is 2. The summed E-state index contributed by atoms with van der Waals surface area (Å²) in [6.45, 7) is 1.66. The Hall–Kier alpha value is -2.24. The monoisotopic (exact) mass is 251 g/mol. The molecular weight excluding hydrogens is 234 g/mol. The van der Waals surface area contributed by atoms with Gasteiger partial charge >= 0.3 is 0 Å². The third-order valence-electron chi connectivity index (χ3n) is 2.78. The van der Waals surface area contributed by atoms with Crippen molar-refractivity contribution in [2.24, 2.45) is 10.9 Å². The third-order valence-corrected chi connectivity index (χ3v) is 2.78. The Morgan fingerprint density at radius 3 is 2.78 bits per heavy atom. The predicted molar refractivity (Wildman–Crippen MR) is 67.5 cm³/mol. The first-order valence-electron chi connectivity index (χ1n) is 5.46. The highest BCUT2D eigenvalue weighted by Gasteiger charge is 2.19. The van der Waals surface area contributed by atoms with E-state index in [9.17, 15) is 9.90 Å². The number of benzene rings is 1. The Morgan fingerprint density at radius 2 is 2.22 bits per heavy atom. The van der Waals surface area contributed by atoms with E-state index in [4.69, 9.17) is 10.9 Å². The fourth-order valence-electron chi connectivity index (χ4n) is 1.46. The van der Waals surface area contributed by atoms with Crippen LogP contribution < -0.4 is 5.73 Å². The number of aromatic hydroxyl groups is 1. The van der Waals surface area contributed by atoms with E-state index in [1.54, 1.807) is 26.1 Å². The Bertz CT molecular complexity index is 460. The van der Waals surface area contributed by atoms with E-state index in [1.807, 2.05) is 0 Å². The number of carbonyl (C=O) groups excluding carboxylic acids is 1. The van der Waals surface area contributed by atoms with Gasteiger partial charge in [-0.2, -0.15) is 0 Å². The summed E-state index contributed by atoms with van der Waals surface area (Å²) >= 11 is 0. The first-order valence-corrected chi connectivity index (χ1v) is 5.46. The molecule has 1 aromatic rings. The number of rotatable bonds is 4. The lowest BCUT2D eigenvalue weighted by atomic mass is 10.1. The summed E-state index contributed by atoms with van der Waals surface area (Å²) in [4.78, 5) is 13.3. The van der Waals surface area contributed by atoms with E-state index in [1.165, 1.54) is 17.0 Å². The molecule has 0 fully saturated rings. The Morgan fingerprint density at radius 1 is 1.56 bits per heavy atom. The van der Waals surface area contributed by atoms with Crippen LogP contribution in [0.5, 0.6) is 5.75 Å². The van der Waals surface area contributed by atoms with Crippen molar-refractivity contribution in [3.05, 3.63) is 29.8 Å². The fraction of sp³-hybridized carbons (Fsp3) is 0.333. The first kappa shape index (κ1) is 13.8. The molecule has 1 atom stereocenters. The second-order valence-corrected chi connectivity index (χ2v) is 4.05. The van der Waals surface area contributed by atoms with Crippen LogP contribution in [-0.2, 0) is 11.2 Å². The van der Waals surface area contributed by atoms with Gasteiger partial charge in [-0.3, -0.25) is 4.79 Å². The quantitative estimate of drug-likeness (QED) is 0.314. The van der Waals surface area contributed by atoms with Crippen molar-refractivity contribution in [3.63, 3.8) is 0 Å². The summed E-state index contributed by atoms with van der Waals surface area (Å²) in [5.74, 6) is -0.0890. The van der Waals surface area contributed by atoms with Crippen molar-refractivity contribution >= 4 is 11.7 Å². The van der Waals surface area contributed by atoms with Crippen molar-refractivity contribution in [2.45, 2.75) is 19.4 Å². The van der Waals surface area contributed by atoms with E-state index >= 15 is 0 Å². The summed E-state index contributed by atoms with van der Waals surface area (Å²) in [5, 5.41) is 20.7. The molecule has 0 aromatic heterocycles. The zero-order valence-electron chi connectivity index (χ0n) is 10.4. The largest absolute Gasteiger partial charge is 0.508 e. The molecule has 4 N–H and O–H groups in total. The van der Waals surface area contributed by atoms with Gasteiger partial charge in [-0.05, 0) is 24.6 Å². The fourth-order valence-corrected chi connectivity index (χ4v) is 1.46. The van der Waals surface area contributed by atoms with Gasteiger partial charge in [0.25, 0.3) is 0 Å². The minimum atomic E-state index is -0.486. The van der Waals surface area contributed by atoms with Crippen LogP contribution in [-0.4, -0.2) is 40.0 Å². The van der Waals surface area contributed by atoms with Crippen LogP contribution in [0.15, 0.2) is 29.4 Å². The number of phenolic OH excluding ortho intramolecular Hbond substituents is 1. The van der Waals surface area contributed by atoms with Crippen LogP contribution in [0.3, 0.4) is 0 Å². The highest BCUT2D eigenvalue weighted by atomic mass is 16.4. The standard InChI is InChI=1S/C12H17N3O3/c1-8(12(13)14-18)15(2)11(17)7-9-4-3-5-10(16)6-9/h3-6,8,16,18H,7H2,1-2H3,(H2,13,14). The van der Waals surface area contributed by atoms with E-state index in [0.717, 1.165) is 0 Å². The molecule has 1 amide bonds. The molecule has 0 heterocycles. The van der Waals surface area contributed by atoms with Gasteiger partial charge in [0.1, 0.15) is 5.75 Å². The van der Waals surface area contributed by atoms with Crippen LogP contribution in [0.2, 0.25) is 0 Å². The third kappa shape index (κ3) is 3.38. The van der Waals surface area contributed by atoms with Crippen LogP contribution in [0.4, 0.5) is 0 Å². The average Bonchev–Trinajstić information content (AvgIpc) is 2.36. The topological polar surface area (TPSA) is 99.2 Å². The molecule has 18 heavy (non-hydrogen) atoms. The van der Waals surface area contributed by atoms with Crippen molar-refractivity contribution in [1.29, 1.82) is 0 Å². The minimum Gasteiger partial charge on any atom is -0.508 e. The lowest BCUT2D eigenvalue weighted by molar-refractivity contribution is -0.129. The van der Waals surface area contributed by atoms with Crippen molar-refractivity contribution in [3.8, 4) is 5.75 Å². The normalized spacial score (nSPS) is 13.1. The van der Waals surface area contributed by atoms with Gasteiger partial charge < -0.3 is 20.9 Å². The molecule has 98 valence electrons. The van der Waals surface area contributed by atoms with Crippen molar-refractivity contribution < 1.29 is 15.1 Å². The number of phenols is 1. The van der Waals surface area contributed by atoms with Gasteiger partial charge in [-0.1, -0.05) is 17.3 Å². The van der Waals surface area contributed by atoms with Crippen molar-refractivity contribution in [1.82, 2.24) is 4.90 Å². The van der Waals surface area contributed by atoms with E-state index in [0.29, 0.717) is 5.56 Å². The predicted octanol–water partition coefficient (Wildman–Crippen LogP) is 0.528. The zero-order chi connectivity index (χ0) is 13.7. The number of hydrogen-bond donors (Lipinski definition) is 3. The Labute approximate surface area is 105 Å². The van der Waals surface area contributed by atoms with Gasteiger partial charge in [0.05, 0.1) is 12.5 Å². The Kier molecular flexibility index (Phi) is 4.53. The van der Waals surface area contributed by atoms with Gasteiger partial charge in [0, 0.05) is 7.05 Å². The molecule has 6 nitrogen and oxygen atoms in total. The van der Waals surface area contributed by atoms with Gasteiger partial charge in [-0.25, -0.2) is 0 Å². The van der Waals surface area contributed by atoms with E-state index < -0.39 is 6.04 Å². The number of likely N-dealkylation sites (N-methyl/N-ethyl adjacent to an activating group) is 1. The summed E-state index contributed by atoms with van der Waals surface area (Å²) in [7, 11) is 1.58. The maximum absolute atomic E-state index is 11.9. The summed E-state index contributed by atoms with van der Waals surface area (Å²) < 4.78 is 0. The number of hydrogen-bond acceptors (Lipinski definition) is 4. The first-order chi connectivity index (χ1) is 8.45. The summed E-state index contributed by atoms with van der Waals surface area (Å²) in [6, 6.07) is 6.00. The summed E-state index contributed by atoms with van der Waals surface area (Å²) in [6.07, 6.45) is 0.147. The smallest absolute Gasteiger partial charge is 0.227 e. The molecule has 1 rings (SSSR count). The molecule has 0 radical (unpaired) electrons. The summed E-state index contributed by atoms with van der Waals surface area (Å²) in [5.41, 5.74) is 6.15. The molecule has 0 saturated heterocycles. The number of oxime groups is 1. The zero-order valence-corrected chi connectivity index (χ0v) is 10.4. The van der Waals surface area contributed by atoms with Crippen LogP contribution >= 0.6 is 0 Å². The number of nitrogens with two attached hydrogens (primary N) is 1. The molecule has 0 saturated carbocycles. The second kappa shape index (κ2) is 5.90. The van der Waals surface area contributed by atoms with Crippen LogP contribution in [0.1, 0.15) is 12.5 Å². The molecule has 1 unspecified atom stereocenters. The van der Waals surface area contributed by atoms with Gasteiger partial charge in [0.15, 0.2) is 5.84 Å². The van der Waals surface area contributed by atoms with E-state index in [-0.39, 0.29) is 23.9 Å². The molecule has 1 aromatic carbocycles. The highest BCUT2D eigenvalue weighted by Crippen LogP contribution is 2.12. The lowest BCUT2D eigenvalue weighted by Crippen LogP contribution is -2.44. The van der Waals surface area contributed by atoms with Crippen LogP contribution in [0, 0.1) is 0 Å². The molecule has 0 aliphatic rings. The number of amidine groups is 1. The lowest BCUT2D eigenvalue weighted by Gasteiger charge is -2.23. The number of amides is 1. The maximum atomic E-state index is 11.9.